The summed E-state index contributed by atoms with van der Waals surface area (Å²) in [5.41, 5.74) is 7.73. The van der Waals surface area contributed by atoms with Gasteiger partial charge < -0.3 is 35.1 Å². The van der Waals surface area contributed by atoms with Crippen molar-refractivity contribution in [3.63, 3.8) is 0 Å². The molecule has 1 saturated carbocycles. The zero-order valence-corrected chi connectivity index (χ0v) is 26.0. The largest absolute Gasteiger partial charge is 0.493 e. The summed E-state index contributed by atoms with van der Waals surface area (Å²) in [5, 5.41) is 14.4. The first kappa shape index (κ1) is 34.3. The van der Waals surface area contributed by atoms with E-state index in [1.165, 1.54) is 0 Å². The van der Waals surface area contributed by atoms with E-state index in [1.807, 2.05) is 26.0 Å². The van der Waals surface area contributed by atoms with Gasteiger partial charge in [-0.15, -0.1) is 0 Å². The van der Waals surface area contributed by atoms with E-state index in [1.54, 1.807) is 21.3 Å². The maximum absolute atomic E-state index is 13.2. The molecular weight excluding hydrogens is 508 g/mol. The summed E-state index contributed by atoms with van der Waals surface area (Å²) in [6, 6.07) is 5.82. The van der Waals surface area contributed by atoms with Crippen LogP contribution in [0.25, 0.3) is 0 Å². The molecule has 4 N–H and O–H groups in total. The van der Waals surface area contributed by atoms with E-state index in [-0.39, 0.29) is 29.7 Å². The summed E-state index contributed by atoms with van der Waals surface area (Å²) < 4.78 is 22.0. The second-order valence-corrected chi connectivity index (χ2v) is 12.2. The molecule has 0 heterocycles. The molecular formula is C32H56N2O6. The van der Waals surface area contributed by atoms with Crippen LogP contribution in [-0.2, 0) is 20.7 Å². The van der Waals surface area contributed by atoms with Crippen LogP contribution in [0, 0.1) is 23.7 Å². The number of carbonyl (C=O) groups is 1. The number of methoxy groups -OCH3 is 3. The molecule has 1 aromatic carbocycles. The Morgan fingerprint density at radius 1 is 1.00 bits per heavy atom. The Morgan fingerprint density at radius 2 is 1.70 bits per heavy atom. The Hall–Kier alpha value is -1.87. The van der Waals surface area contributed by atoms with Crippen molar-refractivity contribution in [2.24, 2.45) is 29.4 Å². The molecule has 8 heteroatoms. The molecule has 0 spiro atoms. The van der Waals surface area contributed by atoms with Crippen LogP contribution < -0.4 is 20.5 Å². The van der Waals surface area contributed by atoms with Gasteiger partial charge in [0, 0.05) is 45.2 Å². The summed E-state index contributed by atoms with van der Waals surface area (Å²) >= 11 is 0. The number of aliphatic hydroxyl groups is 1. The van der Waals surface area contributed by atoms with E-state index < -0.39 is 12.1 Å². The number of benzene rings is 1. The van der Waals surface area contributed by atoms with Gasteiger partial charge in [0.2, 0.25) is 5.91 Å². The second kappa shape index (κ2) is 17.8. The fourth-order valence-corrected chi connectivity index (χ4v) is 5.61. The average molecular weight is 565 g/mol. The fraction of sp³-hybridized carbons (Fsp3) is 0.781. The first-order chi connectivity index (χ1) is 19.1. The zero-order valence-electron chi connectivity index (χ0n) is 26.0. The van der Waals surface area contributed by atoms with Gasteiger partial charge in [0.25, 0.3) is 0 Å². The number of ether oxygens (including phenoxy) is 4. The van der Waals surface area contributed by atoms with Gasteiger partial charge in [-0.05, 0) is 80.4 Å². The van der Waals surface area contributed by atoms with E-state index in [9.17, 15) is 9.90 Å². The molecule has 0 unspecified atom stereocenters. The molecule has 1 aliphatic carbocycles. The van der Waals surface area contributed by atoms with E-state index in [0.29, 0.717) is 43.8 Å². The molecule has 1 fully saturated rings. The number of nitrogens with one attached hydrogen (secondary N) is 1. The lowest BCUT2D eigenvalue weighted by Gasteiger charge is -2.32. The predicted molar refractivity (Wildman–Crippen MR) is 160 cm³/mol. The molecule has 0 radical (unpaired) electrons. The van der Waals surface area contributed by atoms with Crippen LogP contribution in [0.5, 0.6) is 11.5 Å². The minimum Gasteiger partial charge on any atom is -0.493 e. The number of hydrogen-bond acceptors (Lipinski definition) is 7. The van der Waals surface area contributed by atoms with E-state index in [2.05, 4.69) is 25.2 Å². The van der Waals surface area contributed by atoms with Gasteiger partial charge in [-0.2, -0.15) is 0 Å². The minimum absolute atomic E-state index is 0.0267. The predicted octanol–water partition coefficient (Wildman–Crippen LogP) is 4.74. The van der Waals surface area contributed by atoms with Crippen molar-refractivity contribution < 1.29 is 28.8 Å². The summed E-state index contributed by atoms with van der Waals surface area (Å²) in [7, 11) is 5.08. The number of hydrogen-bond donors (Lipinski definition) is 3. The van der Waals surface area contributed by atoms with Crippen LogP contribution in [0.4, 0.5) is 0 Å². The topological polar surface area (TPSA) is 112 Å². The van der Waals surface area contributed by atoms with E-state index in [4.69, 9.17) is 24.7 Å². The molecule has 1 aliphatic rings. The third kappa shape index (κ3) is 11.2. The number of nitrogens with two attached hydrogens (primary N) is 1. The first-order valence-corrected chi connectivity index (χ1v) is 15.1. The summed E-state index contributed by atoms with van der Waals surface area (Å²) in [6.07, 6.45) is 5.98. The molecule has 1 amide bonds. The molecule has 0 saturated heterocycles. The smallest absolute Gasteiger partial charge is 0.223 e. The third-order valence-corrected chi connectivity index (χ3v) is 8.48. The van der Waals surface area contributed by atoms with Gasteiger partial charge >= 0.3 is 0 Å². The monoisotopic (exact) mass is 564 g/mol. The van der Waals surface area contributed by atoms with Crippen molar-refractivity contribution in [1.29, 1.82) is 0 Å². The van der Waals surface area contributed by atoms with Gasteiger partial charge in [0.1, 0.15) is 0 Å². The molecule has 8 nitrogen and oxygen atoms in total. The molecule has 230 valence electrons. The Kier molecular flexibility index (Phi) is 15.3. The highest BCUT2D eigenvalue weighted by Gasteiger charge is 2.31. The van der Waals surface area contributed by atoms with Crippen LogP contribution in [0.2, 0.25) is 0 Å². The minimum atomic E-state index is -0.751. The first-order valence-electron chi connectivity index (χ1n) is 15.1. The lowest BCUT2D eigenvalue weighted by molar-refractivity contribution is -0.128. The van der Waals surface area contributed by atoms with Crippen molar-refractivity contribution >= 4 is 5.91 Å². The van der Waals surface area contributed by atoms with E-state index in [0.717, 1.165) is 49.8 Å². The Balaban J connectivity index is 1.98. The quantitative estimate of drug-likeness (QED) is 0.221. The molecule has 4 atom stereocenters. The van der Waals surface area contributed by atoms with Crippen molar-refractivity contribution in [1.82, 2.24) is 5.32 Å². The van der Waals surface area contributed by atoms with Gasteiger partial charge in [0.05, 0.1) is 25.9 Å². The number of amides is 1. The van der Waals surface area contributed by atoms with Crippen molar-refractivity contribution in [2.45, 2.75) is 103 Å². The lowest BCUT2D eigenvalue weighted by Crippen LogP contribution is -2.46. The van der Waals surface area contributed by atoms with Crippen molar-refractivity contribution in [3.8, 4) is 11.5 Å². The highest BCUT2D eigenvalue weighted by atomic mass is 16.5. The van der Waals surface area contributed by atoms with E-state index >= 15 is 0 Å². The third-order valence-electron chi connectivity index (χ3n) is 8.48. The fourth-order valence-electron chi connectivity index (χ4n) is 5.61. The van der Waals surface area contributed by atoms with Gasteiger partial charge in [-0.1, -0.05) is 33.8 Å². The highest BCUT2D eigenvalue weighted by molar-refractivity contribution is 5.79. The van der Waals surface area contributed by atoms with Gasteiger partial charge in [-0.3, -0.25) is 4.79 Å². The second-order valence-electron chi connectivity index (χ2n) is 12.2. The number of rotatable bonds is 18. The normalized spacial score (nSPS) is 20.7. The highest BCUT2D eigenvalue weighted by Crippen LogP contribution is 2.32. The van der Waals surface area contributed by atoms with Crippen LogP contribution >= 0.6 is 0 Å². The summed E-state index contributed by atoms with van der Waals surface area (Å²) in [6.45, 7) is 9.67. The molecule has 2 rings (SSSR count). The van der Waals surface area contributed by atoms with Crippen LogP contribution in [0.3, 0.4) is 0 Å². The number of aliphatic hydroxyl groups excluding tert-OH is 1. The lowest BCUT2D eigenvalue weighted by atomic mass is 9.80. The maximum atomic E-state index is 13.2. The Bertz CT molecular complexity index is 856. The van der Waals surface area contributed by atoms with Crippen LogP contribution in [-0.4, -0.2) is 69.8 Å². The van der Waals surface area contributed by atoms with Gasteiger partial charge in [-0.25, -0.2) is 0 Å². The average Bonchev–Trinajstić information content (AvgIpc) is 2.93. The van der Waals surface area contributed by atoms with Gasteiger partial charge in [0.15, 0.2) is 11.5 Å². The van der Waals surface area contributed by atoms with Crippen LogP contribution in [0.1, 0.15) is 78.2 Å². The standard InChI is InChI=1S/C32H56N2O6/c1-21(2)24(17-23-9-14-30(39-7)31(18-23)40-16-8-15-37-5)19-28(33)29(35)20-27(22(3)4)32(36)34-25-10-12-26(38-6)13-11-25/h9,14,18,21-22,24-29,35H,8,10-13,15-17,19-20,33H2,1-7H3,(H,34,36)/t24-,25-,26-,27-,28-,29-/m0/s1. The maximum Gasteiger partial charge on any atom is 0.223 e. The summed E-state index contributed by atoms with van der Waals surface area (Å²) in [5.74, 6) is 1.93. The SMILES string of the molecule is COCCCOc1cc(C[C@@H](C[C@H](N)[C@@H](O)C[C@H](C(=O)N[C@H]2CC[C@H](OC)CC2)C(C)C)C(C)C)ccc1OC. The van der Waals surface area contributed by atoms with Crippen LogP contribution in [0.15, 0.2) is 18.2 Å². The molecule has 1 aromatic rings. The number of carbonyl (C=O) groups excluding carboxylic acids is 1. The Labute approximate surface area is 242 Å². The van der Waals surface area contributed by atoms with Crippen molar-refractivity contribution in [3.05, 3.63) is 23.8 Å². The molecule has 0 aliphatic heterocycles. The summed E-state index contributed by atoms with van der Waals surface area (Å²) in [4.78, 5) is 13.2. The Morgan fingerprint density at radius 3 is 2.27 bits per heavy atom. The molecule has 40 heavy (non-hydrogen) atoms. The molecule has 0 aromatic heterocycles. The zero-order chi connectivity index (χ0) is 29.7. The molecule has 0 bridgehead atoms. The van der Waals surface area contributed by atoms with Crippen molar-refractivity contribution in [2.75, 3.05) is 34.5 Å².